The number of rotatable bonds is 10. The molecule has 9 N–H and O–H groups in total. The number of ether oxygens (including phenoxy) is 5. The summed E-state index contributed by atoms with van der Waals surface area (Å²) in [4.78, 5) is 11.6. The summed E-state index contributed by atoms with van der Waals surface area (Å²) in [6.45, 7) is 6.38. The zero-order chi connectivity index (χ0) is 37.0. The van der Waals surface area contributed by atoms with Gasteiger partial charge in [-0.15, -0.1) is 0 Å². The second kappa shape index (κ2) is 17.3. The zero-order valence-electron chi connectivity index (χ0n) is 28.7. The Kier molecular flexibility index (Phi) is 13.5. The first-order chi connectivity index (χ1) is 24.3. The smallest absolute Gasteiger partial charge is 0.187 e. The number of nitrogens with zero attached hydrogens (tertiary/aromatic N) is 1. The number of hydrogen-bond donors (Lipinski definition) is 9. The van der Waals surface area contributed by atoms with Crippen molar-refractivity contribution in [2.75, 3.05) is 13.2 Å². The topological polar surface area (TPSA) is 249 Å². The fourth-order valence-electron chi connectivity index (χ4n) is 7.37. The van der Waals surface area contributed by atoms with Crippen molar-refractivity contribution in [1.82, 2.24) is 5.32 Å². The molecule has 4 fully saturated rings. The SMILES string of the molecule is C=C1\C=C/C=C\C=C/C=C\1C1CCC(C)(N[C@@H]2OC(CN=O)[C@@H](O[C@@H]3OC(CO)[C@H](O)C(O)C3O[C@@H]3OC(C)[C@@H](O)C(O)C3O)C(O)C2O)CC1. The highest BCUT2D eigenvalue weighted by Gasteiger charge is 2.54. The Morgan fingerprint density at radius 1 is 0.804 bits per heavy atom. The van der Waals surface area contributed by atoms with E-state index in [1.165, 1.54) is 6.92 Å². The number of nitrogens with one attached hydrogen (secondary N) is 1. The van der Waals surface area contributed by atoms with Crippen molar-refractivity contribution in [3.8, 4) is 0 Å². The van der Waals surface area contributed by atoms with E-state index in [1.807, 2.05) is 43.4 Å². The van der Waals surface area contributed by atoms with Crippen molar-refractivity contribution in [2.45, 2.75) is 137 Å². The molecule has 15 atom stereocenters. The Hall–Kier alpha value is -2.26. The largest absolute Gasteiger partial charge is 0.394 e. The van der Waals surface area contributed by atoms with E-state index in [0.29, 0.717) is 12.8 Å². The van der Waals surface area contributed by atoms with Crippen molar-refractivity contribution >= 4 is 0 Å². The molecule has 16 heteroatoms. The van der Waals surface area contributed by atoms with Gasteiger partial charge in [-0.2, -0.15) is 4.91 Å². The maximum absolute atomic E-state index is 11.6. The fraction of sp³-hybridized carbons (Fsp3) is 0.714. The predicted octanol–water partition coefficient (Wildman–Crippen LogP) is -1.06. The molecule has 286 valence electrons. The van der Waals surface area contributed by atoms with Crippen LogP contribution in [0.1, 0.15) is 39.5 Å². The van der Waals surface area contributed by atoms with Crippen molar-refractivity contribution in [3.05, 3.63) is 65.2 Å². The summed E-state index contributed by atoms with van der Waals surface area (Å²) in [6.07, 6.45) is -6.16. The Morgan fingerprint density at radius 2 is 1.45 bits per heavy atom. The van der Waals surface area contributed by atoms with Crippen LogP contribution in [-0.2, 0) is 23.7 Å². The minimum absolute atomic E-state index is 0.256. The van der Waals surface area contributed by atoms with Gasteiger partial charge >= 0.3 is 0 Å². The van der Waals surface area contributed by atoms with Gasteiger partial charge in [0.2, 0.25) is 0 Å². The predicted molar refractivity (Wildman–Crippen MR) is 179 cm³/mol. The third-order valence-corrected chi connectivity index (χ3v) is 10.6. The van der Waals surface area contributed by atoms with Gasteiger partial charge in [0, 0.05) is 5.54 Å². The van der Waals surface area contributed by atoms with Crippen LogP contribution in [0, 0.1) is 10.8 Å². The van der Waals surface area contributed by atoms with Crippen LogP contribution >= 0.6 is 0 Å². The lowest BCUT2D eigenvalue weighted by Crippen LogP contribution is -2.68. The number of hydrogen-bond acceptors (Lipinski definition) is 16. The summed E-state index contributed by atoms with van der Waals surface area (Å²) in [5.41, 5.74) is 1.57. The van der Waals surface area contributed by atoms with Crippen LogP contribution in [0.15, 0.2) is 65.4 Å². The van der Waals surface area contributed by atoms with Gasteiger partial charge in [-0.1, -0.05) is 54.3 Å². The van der Waals surface area contributed by atoms with E-state index in [2.05, 4.69) is 23.1 Å². The molecule has 0 amide bonds. The van der Waals surface area contributed by atoms with Crippen LogP contribution in [0.5, 0.6) is 0 Å². The second-order valence-corrected chi connectivity index (χ2v) is 14.2. The first kappa shape index (κ1) is 39.9. The van der Waals surface area contributed by atoms with Gasteiger partial charge < -0.3 is 64.5 Å². The minimum Gasteiger partial charge on any atom is -0.394 e. The van der Waals surface area contributed by atoms with E-state index in [4.69, 9.17) is 23.7 Å². The number of nitroso groups, excluding NO2 is 1. The third kappa shape index (κ3) is 8.93. The van der Waals surface area contributed by atoms with Gasteiger partial charge in [-0.3, -0.25) is 5.32 Å². The summed E-state index contributed by atoms with van der Waals surface area (Å²) in [7, 11) is 0. The van der Waals surface area contributed by atoms with E-state index >= 15 is 0 Å². The molecule has 1 saturated carbocycles. The highest BCUT2D eigenvalue weighted by Crippen LogP contribution is 2.40. The molecular weight excluding hydrogens is 672 g/mol. The number of aliphatic hydroxyl groups is 8. The van der Waals surface area contributed by atoms with Crippen LogP contribution in [0.2, 0.25) is 0 Å². The van der Waals surface area contributed by atoms with Crippen LogP contribution in [-0.4, -0.2) is 152 Å². The molecule has 0 spiro atoms. The summed E-state index contributed by atoms with van der Waals surface area (Å²) >= 11 is 0. The fourth-order valence-corrected chi connectivity index (χ4v) is 7.37. The van der Waals surface area contributed by atoms with Crippen LogP contribution < -0.4 is 5.32 Å². The summed E-state index contributed by atoms with van der Waals surface area (Å²) in [5.74, 6) is 0.256. The Labute approximate surface area is 296 Å². The molecule has 3 aliphatic heterocycles. The molecule has 16 nitrogen and oxygen atoms in total. The van der Waals surface area contributed by atoms with Crippen molar-refractivity contribution in [3.63, 3.8) is 0 Å². The van der Waals surface area contributed by atoms with Gasteiger partial charge in [0.1, 0.15) is 79.9 Å². The average molecular weight is 725 g/mol. The van der Waals surface area contributed by atoms with Crippen LogP contribution in [0.25, 0.3) is 0 Å². The maximum Gasteiger partial charge on any atom is 0.187 e. The molecule has 0 aromatic carbocycles. The molecule has 51 heavy (non-hydrogen) atoms. The van der Waals surface area contributed by atoms with E-state index in [-0.39, 0.29) is 5.92 Å². The highest BCUT2D eigenvalue weighted by atomic mass is 16.8. The molecular formula is C35H52N2O14. The summed E-state index contributed by atoms with van der Waals surface area (Å²) in [5, 5.41) is 91.3. The lowest BCUT2D eigenvalue weighted by molar-refractivity contribution is -0.380. The van der Waals surface area contributed by atoms with Crippen LogP contribution in [0.4, 0.5) is 0 Å². The first-order valence-electron chi connectivity index (χ1n) is 17.4. The van der Waals surface area contributed by atoms with E-state index < -0.39 is 111 Å². The van der Waals surface area contributed by atoms with E-state index in [1.54, 1.807) is 0 Å². The quantitative estimate of drug-likeness (QED) is 0.122. The zero-order valence-corrected chi connectivity index (χ0v) is 28.7. The molecule has 0 bridgehead atoms. The molecule has 9 unspecified atom stereocenters. The number of aliphatic hydroxyl groups excluding tert-OH is 8. The third-order valence-electron chi connectivity index (χ3n) is 10.6. The number of allylic oxidation sites excluding steroid dienone is 9. The normalized spacial score (nSPS) is 49.5. The maximum atomic E-state index is 11.6. The summed E-state index contributed by atoms with van der Waals surface area (Å²) < 4.78 is 29.0. The first-order valence-corrected chi connectivity index (χ1v) is 17.4. The van der Waals surface area contributed by atoms with E-state index in [9.17, 15) is 45.8 Å². The monoisotopic (exact) mass is 724 g/mol. The van der Waals surface area contributed by atoms with Crippen molar-refractivity contribution in [1.29, 1.82) is 0 Å². The van der Waals surface area contributed by atoms with Gasteiger partial charge in [0.25, 0.3) is 0 Å². The van der Waals surface area contributed by atoms with E-state index in [0.717, 1.165) is 24.0 Å². The second-order valence-electron chi connectivity index (χ2n) is 14.2. The average Bonchev–Trinajstić information content (AvgIpc) is 3.21. The minimum atomic E-state index is -1.82. The molecule has 2 aliphatic carbocycles. The van der Waals surface area contributed by atoms with Gasteiger partial charge in [-0.25, -0.2) is 0 Å². The standard InChI is InChI=1S/C35H52N2O14/c1-17-9-7-5-4-6-8-10-20(17)19-11-13-35(3,14-12-19)37-32-28(44)27(43)30(21(48-32)15-36-46)50-34-31(26(42)24(40)22(16-38)49-34)51-33-29(45)25(41)23(39)18(2)47-33/h4-10,18-19,21-34,37-45H,1,11-16H2,2-3H3/b5-4-,8-6-,9-7-,20-10+/t18?,19?,21?,22?,23-,24+,25?,26?,27?,28?,29?,30-,31?,32-,33+,34+,35?/m1/s1. The van der Waals surface area contributed by atoms with Crippen LogP contribution in [0.3, 0.4) is 0 Å². The summed E-state index contributed by atoms with van der Waals surface area (Å²) in [6, 6.07) is 0. The molecule has 0 aromatic heterocycles. The lowest BCUT2D eigenvalue weighted by Gasteiger charge is -2.50. The van der Waals surface area contributed by atoms with Crippen molar-refractivity contribution in [2.24, 2.45) is 11.1 Å². The molecule has 0 radical (unpaired) electrons. The van der Waals surface area contributed by atoms with Gasteiger partial charge in [-0.05, 0) is 56.6 Å². The Morgan fingerprint density at radius 3 is 2.14 bits per heavy atom. The molecule has 3 saturated heterocycles. The Bertz CT molecular complexity index is 1320. The van der Waals surface area contributed by atoms with Crippen molar-refractivity contribution < 1.29 is 64.5 Å². The molecule has 5 rings (SSSR count). The molecule has 5 aliphatic rings. The molecule has 3 heterocycles. The van der Waals surface area contributed by atoms with Gasteiger partial charge in [0.05, 0.1) is 12.7 Å². The molecule has 0 aromatic rings. The Balaban J connectivity index is 1.28. The van der Waals surface area contributed by atoms with Gasteiger partial charge in [0.15, 0.2) is 12.6 Å². The lowest BCUT2D eigenvalue weighted by atomic mass is 9.73. The highest BCUT2D eigenvalue weighted by molar-refractivity contribution is 5.43.